The minimum atomic E-state index is 0.638. The Morgan fingerprint density at radius 3 is 2.44 bits per heavy atom. The van der Waals surface area contributed by atoms with Gasteiger partial charge in [-0.05, 0) is 12.8 Å². The number of hydrazine groups is 1. The Hall–Kier alpha value is -0.810. The Kier molecular flexibility index (Phi) is 6.92. The van der Waals surface area contributed by atoms with Gasteiger partial charge in [0.1, 0.15) is 0 Å². The number of hydrogen-bond acceptors (Lipinski definition) is 3. The predicted molar refractivity (Wildman–Crippen MR) is 66.2 cm³/mol. The van der Waals surface area contributed by atoms with Crippen molar-refractivity contribution in [2.24, 2.45) is 10.8 Å². The van der Waals surface area contributed by atoms with Crippen LogP contribution in [-0.4, -0.2) is 44.2 Å². The third-order valence-corrected chi connectivity index (χ3v) is 2.84. The molecular formula is C11H24N4O. The van der Waals surface area contributed by atoms with Crippen molar-refractivity contribution in [2.45, 2.75) is 32.1 Å². The number of aliphatic imine (C=N–C) groups is 1. The highest BCUT2D eigenvalue weighted by Crippen LogP contribution is 2.10. The quantitative estimate of drug-likeness (QED) is 0.246. The second kappa shape index (κ2) is 8.35. The van der Waals surface area contributed by atoms with Gasteiger partial charge in [-0.3, -0.25) is 5.43 Å². The number of nitrogens with two attached hydrogens (primary N) is 1. The van der Waals surface area contributed by atoms with E-state index in [0.717, 1.165) is 19.0 Å². The van der Waals surface area contributed by atoms with E-state index in [-0.39, 0.29) is 0 Å². The van der Waals surface area contributed by atoms with Crippen LogP contribution in [0.25, 0.3) is 0 Å². The zero-order chi connectivity index (χ0) is 11.6. The molecule has 5 nitrogen and oxygen atoms in total. The lowest BCUT2D eigenvalue weighted by Gasteiger charge is -2.27. The first kappa shape index (κ1) is 13.3. The van der Waals surface area contributed by atoms with E-state index in [1.165, 1.54) is 32.1 Å². The van der Waals surface area contributed by atoms with Crippen molar-refractivity contribution in [1.82, 2.24) is 10.3 Å². The molecule has 1 aliphatic heterocycles. The van der Waals surface area contributed by atoms with Crippen LogP contribution in [0, 0.1) is 0 Å². The van der Waals surface area contributed by atoms with E-state index in [4.69, 9.17) is 10.6 Å². The molecule has 1 aliphatic rings. The predicted octanol–water partition coefficient (Wildman–Crippen LogP) is 0.718. The molecule has 1 rings (SSSR count). The Morgan fingerprint density at radius 1 is 1.25 bits per heavy atom. The van der Waals surface area contributed by atoms with Crippen molar-refractivity contribution >= 4 is 5.96 Å². The summed E-state index contributed by atoms with van der Waals surface area (Å²) < 4.78 is 4.97. The first-order chi connectivity index (χ1) is 7.88. The van der Waals surface area contributed by atoms with Gasteiger partial charge in [-0.1, -0.05) is 19.3 Å². The summed E-state index contributed by atoms with van der Waals surface area (Å²) in [6.07, 6.45) is 6.44. The fourth-order valence-corrected chi connectivity index (χ4v) is 1.94. The topological polar surface area (TPSA) is 62.9 Å². The van der Waals surface area contributed by atoms with E-state index in [1.54, 1.807) is 7.11 Å². The molecule has 1 saturated heterocycles. The maximum absolute atomic E-state index is 5.51. The van der Waals surface area contributed by atoms with E-state index >= 15 is 0 Å². The largest absolute Gasteiger partial charge is 0.383 e. The smallest absolute Gasteiger partial charge is 0.208 e. The van der Waals surface area contributed by atoms with Gasteiger partial charge in [0.05, 0.1) is 13.2 Å². The summed E-state index contributed by atoms with van der Waals surface area (Å²) in [4.78, 5) is 6.65. The van der Waals surface area contributed by atoms with Crippen molar-refractivity contribution in [1.29, 1.82) is 0 Å². The molecule has 94 valence electrons. The lowest BCUT2D eigenvalue weighted by molar-refractivity contribution is 0.207. The van der Waals surface area contributed by atoms with Crippen LogP contribution in [0.4, 0.5) is 0 Å². The highest BCUT2D eigenvalue weighted by molar-refractivity contribution is 5.79. The lowest BCUT2D eigenvalue weighted by Crippen LogP contribution is -2.46. The normalized spacial score (nSPS) is 19.1. The van der Waals surface area contributed by atoms with Gasteiger partial charge in [-0.2, -0.15) is 0 Å². The molecule has 0 aromatic carbocycles. The SMILES string of the molecule is COCCN=C(NN)N1CCCCCCC1. The van der Waals surface area contributed by atoms with Gasteiger partial charge in [0.25, 0.3) is 0 Å². The second-order valence-electron chi connectivity index (χ2n) is 4.10. The summed E-state index contributed by atoms with van der Waals surface area (Å²) in [6.45, 7) is 3.40. The van der Waals surface area contributed by atoms with Crippen molar-refractivity contribution in [3.05, 3.63) is 0 Å². The number of guanidine groups is 1. The van der Waals surface area contributed by atoms with E-state index in [0.29, 0.717) is 13.2 Å². The minimum absolute atomic E-state index is 0.638. The van der Waals surface area contributed by atoms with Gasteiger partial charge in [0, 0.05) is 20.2 Å². The molecule has 0 aromatic rings. The molecule has 0 saturated carbocycles. The molecule has 16 heavy (non-hydrogen) atoms. The molecule has 0 spiro atoms. The Labute approximate surface area is 98.0 Å². The van der Waals surface area contributed by atoms with Gasteiger partial charge in [0.2, 0.25) is 5.96 Å². The van der Waals surface area contributed by atoms with Crippen LogP contribution in [0.2, 0.25) is 0 Å². The molecule has 1 fully saturated rings. The average Bonchev–Trinajstić information content (AvgIpc) is 2.25. The number of nitrogens with zero attached hydrogens (tertiary/aromatic N) is 2. The molecule has 5 heteroatoms. The van der Waals surface area contributed by atoms with Crippen molar-refractivity contribution in [2.75, 3.05) is 33.4 Å². The first-order valence-corrected chi connectivity index (χ1v) is 6.13. The average molecular weight is 228 g/mol. The summed E-state index contributed by atoms with van der Waals surface area (Å²) in [7, 11) is 1.68. The molecule has 0 aromatic heterocycles. The molecule has 1 heterocycles. The Bertz CT molecular complexity index is 200. The Morgan fingerprint density at radius 2 is 1.88 bits per heavy atom. The number of likely N-dealkylation sites (tertiary alicyclic amines) is 1. The first-order valence-electron chi connectivity index (χ1n) is 6.13. The summed E-state index contributed by atoms with van der Waals surface area (Å²) in [6, 6.07) is 0. The molecule has 0 unspecified atom stereocenters. The van der Waals surface area contributed by atoms with Crippen molar-refractivity contribution in [3.8, 4) is 0 Å². The van der Waals surface area contributed by atoms with Gasteiger partial charge >= 0.3 is 0 Å². The summed E-state index contributed by atoms with van der Waals surface area (Å²) in [5.74, 6) is 6.32. The molecule has 0 atom stereocenters. The number of ether oxygens (including phenoxy) is 1. The molecular weight excluding hydrogens is 204 g/mol. The van der Waals surface area contributed by atoms with Gasteiger partial charge in [-0.25, -0.2) is 10.8 Å². The van der Waals surface area contributed by atoms with E-state index in [9.17, 15) is 0 Å². The fraction of sp³-hybridized carbons (Fsp3) is 0.909. The van der Waals surface area contributed by atoms with Gasteiger partial charge < -0.3 is 9.64 Å². The maximum atomic E-state index is 5.51. The van der Waals surface area contributed by atoms with Crippen LogP contribution in [-0.2, 0) is 4.74 Å². The third-order valence-electron chi connectivity index (χ3n) is 2.84. The van der Waals surface area contributed by atoms with Crippen molar-refractivity contribution in [3.63, 3.8) is 0 Å². The zero-order valence-corrected chi connectivity index (χ0v) is 10.2. The van der Waals surface area contributed by atoms with Gasteiger partial charge in [-0.15, -0.1) is 0 Å². The van der Waals surface area contributed by atoms with E-state index in [2.05, 4.69) is 15.3 Å². The highest BCUT2D eigenvalue weighted by Gasteiger charge is 2.11. The number of methoxy groups -OCH3 is 1. The Balaban J connectivity index is 2.44. The van der Waals surface area contributed by atoms with Crippen LogP contribution in [0.5, 0.6) is 0 Å². The van der Waals surface area contributed by atoms with Crippen LogP contribution in [0.15, 0.2) is 4.99 Å². The maximum Gasteiger partial charge on any atom is 0.208 e. The lowest BCUT2D eigenvalue weighted by atomic mass is 10.1. The van der Waals surface area contributed by atoms with E-state index in [1.807, 2.05) is 0 Å². The molecule has 0 amide bonds. The number of nitrogens with one attached hydrogen (secondary N) is 1. The number of hydrogen-bond donors (Lipinski definition) is 2. The molecule has 0 radical (unpaired) electrons. The summed E-state index contributed by atoms with van der Waals surface area (Å²) >= 11 is 0. The van der Waals surface area contributed by atoms with Crippen LogP contribution >= 0.6 is 0 Å². The molecule has 0 bridgehead atoms. The van der Waals surface area contributed by atoms with Crippen LogP contribution in [0.3, 0.4) is 0 Å². The van der Waals surface area contributed by atoms with E-state index < -0.39 is 0 Å². The standard InChI is InChI=1S/C11H24N4O/c1-16-10-7-13-11(14-12)15-8-5-3-2-4-6-9-15/h2-10,12H2,1H3,(H,13,14). The number of rotatable bonds is 3. The summed E-state index contributed by atoms with van der Waals surface area (Å²) in [5, 5.41) is 0. The molecule has 3 N–H and O–H groups in total. The summed E-state index contributed by atoms with van der Waals surface area (Å²) in [5.41, 5.74) is 2.70. The zero-order valence-electron chi connectivity index (χ0n) is 10.2. The van der Waals surface area contributed by atoms with Crippen LogP contribution in [0.1, 0.15) is 32.1 Å². The van der Waals surface area contributed by atoms with Crippen molar-refractivity contribution < 1.29 is 4.74 Å². The highest BCUT2D eigenvalue weighted by atomic mass is 16.5. The van der Waals surface area contributed by atoms with Gasteiger partial charge in [0.15, 0.2) is 0 Å². The third kappa shape index (κ3) is 4.81. The fourth-order valence-electron chi connectivity index (χ4n) is 1.94. The van der Waals surface area contributed by atoms with Crippen LogP contribution < -0.4 is 11.3 Å². The minimum Gasteiger partial charge on any atom is -0.383 e. The second-order valence-corrected chi connectivity index (χ2v) is 4.10. The molecule has 0 aliphatic carbocycles. The monoisotopic (exact) mass is 228 g/mol.